The van der Waals surface area contributed by atoms with E-state index >= 15 is 0 Å². The number of halogens is 1. The number of hydrogen-bond acceptors (Lipinski definition) is 6. The van der Waals surface area contributed by atoms with Crippen LogP contribution in [0.1, 0.15) is 5.56 Å². The molecule has 0 N–H and O–H groups in total. The van der Waals surface area contributed by atoms with Crippen molar-refractivity contribution in [3.05, 3.63) is 39.9 Å². The summed E-state index contributed by atoms with van der Waals surface area (Å²) >= 11 is 0. The molecular formula is C21H26FN5O2. The number of likely N-dealkylation sites (N-methyl/N-ethyl adjacent to an activating group) is 1. The van der Waals surface area contributed by atoms with Crippen molar-refractivity contribution in [3.63, 3.8) is 0 Å². The van der Waals surface area contributed by atoms with E-state index in [2.05, 4.69) is 16.8 Å². The van der Waals surface area contributed by atoms with Crippen LogP contribution in [-0.2, 0) is 11.3 Å². The average Bonchev–Trinajstić information content (AvgIpc) is 2.75. The van der Waals surface area contributed by atoms with E-state index in [0.717, 1.165) is 45.8 Å². The number of morpholine rings is 1. The predicted molar refractivity (Wildman–Crippen MR) is 110 cm³/mol. The van der Waals surface area contributed by atoms with Crippen LogP contribution < -0.4 is 10.3 Å². The molecule has 4 rings (SSSR count). The molecule has 2 aromatic rings. The van der Waals surface area contributed by atoms with Crippen LogP contribution in [-0.4, -0.2) is 80.4 Å². The number of anilines is 1. The number of nitriles is 1. The summed E-state index contributed by atoms with van der Waals surface area (Å²) in [6.07, 6.45) is 1.61. The average molecular weight is 399 g/mol. The number of fused-ring (bicyclic) bond motifs is 1. The monoisotopic (exact) mass is 399 g/mol. The summed E-state index contributed by atoms with van der Waals surface area (Å²) in [7, 11) is 2.06. The lowest BCUT2D eigenvalue weighted by Gasteiger charge is -2.34. The summed E-state index contributed by atoms with van der Waals surface area (Å²) in [5, 5.41) is 9.64. The van der Waals surface area contributed by atoms with Gasteiger partial charge < -0.3 is 19.1 Å². The molecule has 0 unspecified atom stereocenters. The first-order chi connectivity index (χ1) is 14.1. The highest BCUT2D eigenvalue weighted by Crippen LogP contribution is 2.26. The summed E-state index contributed by atoms with van der Waals surface area (Å²) in [4.78, 5) is 19.2. The van der Waals surface area contributed by atoms with E-state index in [1.54, 1.807) is 12.3 Å². The Morgan fingerprint density at radius 1 is 1.10 bits per heavy atom. The van der Waals surface area contributed by atoms with Gasteiger partial charge in [0, 0.05) is 58.6 Å². The molecule has 0 saturated carbocycles. The number of rotatable bonds is 4. The van der Waals surface area contributed by atoms with Gasteiger partial charge in [0.2, 0.25) is 5.43 Å². The SMILES string of the molecule is CN1CCN(c2cc3c(cc2F)c(=O)c(C#N)cn3CCN2CCOCC2)CC1. The molecule has 8 heteroatoms. The molecule has 2 aliphatic rings. The van der Waals surface area contributed by atoms with E-state index in [1.807, 2.05) is 15.5 Å². The number of nitrogens with zero attached hydrogens (tertiary/aromatic N) is 5. The molecule has 29 heavy (non-hydrogen) atoms. The second kappa shape index (κ2) is 8.49. The minimum atomic E-state index is -0.408. The summed E-state index contributed by atoms with van der Waals surface area (Å²) in [5.41, 5.74) is 0.840. The molecular weight excluding hydrogens is 373 g/mol. The zero-order valence-electron chi connectivity index (χ0n) is 16.7. The Labute approximate surface area is 169 Å². The first kappa shape index (κ1) is 19.8. The first-order valence-electron chi connectivity index (χ1n) is 10.1. The summed E-state index contributed by atoms with van der Waals surface area (Å²) in [6.45, 7) is 7.80. The van der Waals surface area contributed by atoms with Crippen molar-refractivity contribution in [3.8, 4) is 6.07 Å². The number of pyridine rings is 1. The van der Waals surface area contributed by atoms with Crippen molar-refractivity contribution in [2.75, 3.05) is 71.0 Å². The topological polar surface area (TPSA) is 64.7 Å². The van der Waals surface area contributed by atoms with Gasteiger partial charge in [0.1, 0.15) is 17.4 Å². The molecule has 7 nitrogen and oxygen atoms in total. The van der Waals surface area contributed by atoms with E-state index in [-0.39, 0.29) is 10.9 Å². The van der Waals surface area contributed by atoms with Gasteiger partial charge in [0.05, 0.1) is 29.8 Å². The van der Waals surface area contributed by atoms with Crippen LogP contribution in [0.25, 0.3) is 10.9 Å². The van der Waals surface area contributed by atoms with Crippen molar-refractivity contribution < 1.29 is 9.13 Å². The molecule has 3 heterocycles. The molecule has 0 bridgehead atoms. The number of hydrogen-bond donors (Lipinski definition) is 0. The van der Waals surface area contributed by atoms with Gasteiger partial charge in [-0.15, -0.1) is 0 Å². The van der Waals surface area contributed by atoms with Crippen molar-refractivity contribution in [1.29, 1.82) is 5.26 Å². The Bertz CT molecular complexity index is 985. The minimum Gasteiger partial charge on any atom is -0.379 e. The lowest BCUT2D eigenvalue weighted by molar-refractivity contribution is 0.0365. The number of aromatic nitrogens is 1. The van der Waals surface area contributed by atoms with Gasteiger partial charge in [-0.25, -0.2) is 4.39 Å². The third kappa shape index (κ3) is 4.13. The first-order valence-corrected chi connectivity index (χ1v) is 10.1. The van der Waals surface area contributed by atoms with Crippen LogP contribution in [0.4, 0.5) is 10.1 Å². The fourth-order valence-corrected chi connectivity index (χ4v) is 4.03. The third-order valence-corrected chi connectivity index (χ3v) is 5.87. The van der Waals surface area contributed by atoms with Crippen molar-refractivity contribution >= 4 is 16.6 Å². The Hall–Kier alpha value is -2.47. The van der Waals surface area contributed by atoms with Crippen LogP contribution in [0.3, 0.4) is 0 Å². The fourth-order valence-electron chi connectivity index (χ4n) is 4.03. The maximum atomic E-state index is 14.9. The number of piperazine rings is 1. The van der Waals surface area contributed by atoms with Crippen LogP contribution in [0.5, 0.6) is 0 Å². The van der Waals surface area contributed by atoms with E-state index in [1.165, 1.54) is 6.07 Å². The molecule has 0 atom stereocenters. The van der Waals surface area contributed by atoms with Gasteiger partial charge in [-0.1, -0.05) is 0 Å². The quantitative estimate of drug-likeness (QED) is 0.767. The maximum absolute atomic E-state index is 14.9. The van der Waals surface area contributed by atoms with Crippen molar-refractivity contribution in [1.82, 2.24) is 14.4 Å². The van der Waals surface area contributed by atoms with Gasteiger partial charge in [0.15, 0.2) is 0 Å². The zero-order valence-corrected chi connectivity index (χ0v) is 16.7. The molecule has 0 amide bonds. The molecule has 154 valence electrons. The Balaban J connectivity index is 1.72. The third-order valence-electron chi connectivity index (χ3n) is 5.87. The molecule has 0 spiro atoms. The predicted octanol–water partition coefficient (Wildman–Crippen LogP) is 1.10. The highest BCUT2D eigenvalue weighted by molar-refractivity contribution is 5.84. The van der Waals surface area contributed by atoms with Gasteiger partial charge in [-0.3, -0.25) is 9.69 Å². The molecule has 0 radical (unpaired) electrons. The highest BCUT2D eigenvalue weighted by Gasteiger charge is 2.20. The van der Waals surface area contributed by atoms with Gasteiger partial charge >= 0.3 is 0 Å². The van der Waals surface area contributed by atoms with Gasteiger partial charge in [0.25, 0.3) is 0 Å². The van der Waals surface area contributed by atoms with Crippen LogP contribution in [0, 0.1) is 17.1 Å². The minimum absolute atomic E-state index is 0.0474. The molecule has 1 aromatic carbocycles. The second-order valence-electron chi connectivity index (χ2n) is 7.74. The van der Waals surface area contributed by atoms with Crippen LogP contribution in [0.15, 0.2) is 23.1 Å². The molecule has 1 aromatic heterocycles. The van der Waals surface area contributed by atoms with Crippen LogP contribution in [0.2, 0.25) is 0 Å². The standard InChI is InChI=1S/C21H26FN5O2/c1-24-2-5-26(6-3-24)20-13-19-17(12-18(20)22)21(28)16(14-23)15-27(19)7-4-25-8-10-29-11-9-25/h12-13,15H,2-11H2,1H3. The largest absolute Gasteiger partial charge is 0.379 e. The summed E-state index contributed by atoms with van der Waals surface area (Å²) < 4.78 is 22.2. The van der Waals surface area contributed by atoms with Crippen molar-refractivity contribution in [2.24, 2.45) is 0 Å². The van der Waals surface area contributed by atoms with Crippen molar-refractivity contribution in [2.45, 2.75) is 6.54 Å². The van der Waals surface area contributed by atoms with E-state index in [4.69, 9.17) is 4.74 Å². The second-order valence-corrected chi connectivity index (χ2v) is 7.74. The molecule has 2 fully saturated rings. The van der Waals surface area contributed by atoms with E-state index in [9.17, 15) is 14.4 Å². The smallest absolute Gasteiger partial charge is 0.207 e. The Kier molecular flexibility index (Phi) is 5.81. The lowest BCUT2D eigenvalue weighted by Crippen LogP contribution is -2.44. The lowest BCUT2D eigenvalue weighted by atomic mass is 10.1. The fraction of sp³-hybridized carbons (Fsp3) is 0.524. The zero-order chi connectivity index (χ0) is 20.4. The van der Waals surface area contributed by atoms with E-state index < -0.39 is 11.2 Å². The molecule has 2 saturated heterocycles. The number of ether oxygens (including phenoxy) is 1. The summed E-state index contributed by atoms with van der Waals surface area (Å²) in [6, 6.07) is 5.04. The summed E-state index contributed by atoms with van der Waals surface area (Å²) in [5.74, 6) is -0.408. The highest BCUT2D eigenvalue weighted by atomic mass is 19.1. The van der Waals surface area contributed by atoms with E-state index in [0.29, 0.717) is 31.0 Å². The Morgan fingerprint density at radius 3 is 2.52 bits per heavy atom. The van der Waals surface area contributed by atoms with Gasteiger partial charge in [-0.05, 0) is 19.2 Å². The molecule has 0 aliphatic carbocycles. The normalized spacial score (nSPS) is 18.9. The van der Waals surface area contributed by atoms with Gasteiger partial charge in [-0.2, -0.15) is 5.26 Å². The Morgan fingerprint density at radius 2 is 1.83 bits per heavy atom. The van der Waals surface area contributed by atoms with Crippen LogP contribution >= 0.6 is 0 Å². The number of benzene rings is 1. The maximum Gasteiger partial charge on any atom is 0.207 e. The molecule has 2 aliphatic heterocycles.